The highest BCUT2D eigenvalue weighted by atomic mass is 79.9. The first-order valence-corrected chi connectivity index (χ1v) is 5.96. The van der Waals surface area contributed by atoms with E-state index in [1.54, 1.807) is 6.07 Å². The molecule has 6 heteroatoms. The summed E-state index contributed by atoms with van der Waals surface area (Å²) >= 11 is 3.37. The predicted octanol–water partition coefficient (Wildman–Crippen LogP) is 2.22. The van der Waals surface area contributed by atoms with Gasteiger partial charge in [0.05, 0.1) is 10.7 Å². The first-order chi connectivity index (χ1) is 8.72. The smallest absolute Gasteiger partial charge is 0.301 e. The highest BCUT2D eigenvalue weighted by Crippen LogP contribution is 2.25. The van der Waals surface area contributed by atoms with E-state index >= 15 is 0 Å². The average molecular weight is 311 g/mol. The fourth-order valence-corrected chi connectivity index (χ4v) is 1.83. The zero-order valence-electron chi connectivity index (χ0n) is 9.35. The normalized spacial score (nSPS) is 10.1. The number of hydrogen-bond donors (Lipinski definition) is 2. The molecule has 2 aromatic rings. The highest BCUT2D eigenvalue weighted by Gasteiger charge is 2.14. The third-order valence-electron chi connectivity index (χ3n) is 2.30. The Labute approximate surface area is 112 Å². The number of hydrazine groups is 1. The third-order valence-corrected chi connectivity index (χ3v) is 2.96. The van der Waals surface area contributed by atoms with E-state index in [0.29, 0.717) is 11.3 Å². The lowest BCUT2D eigenvalue weighted by Crippen LogP contribution is -2.30. The summed E-state index contributed by atoms with van der Waals surface area (Å²) in [5, 5.41) is 0. The summed E-state index contributed by atoms with van der Waals surface area (Å²) in [4.78, 5) is 11.4. The fraction of sp³-hybridized carbons (Fsp3) is 0.0833. The van der Waals surface area contributed by atoms with Crippen molar-refractivity contribution in [2.75, 3.05) is 0 Å². The van der Waals surface area contributed by atoms with Gasteiger partial charge in [-0.3, -0.25) is 10.2 Å². The Kier molecular flexibility index (Phi) is 4.01. The second-order valence-electron chi connectivity index (χ2n) is 3.47. The van der Waals surface area contributed by atoms with Crippen LogP contribution in [0.25, 0.3) is 0 Å². The number of benzene rings is 1. The Morgan fingerprint density at radius 1 is 1.39 bits per heavy atom. The van der Waals surface area contributed by atoms with Crippen LogP contribution < -0.4 is 16.0 Å². The molecule has 0 fully saturated rings. The number of nitrogens with two attached hydrogens (primary N) is 1. The van der Waals surface area contributed by atoms with Crippen LogP contribution in [0.3, 0.4) is 0 Å². The van der Waals surface area contributed by atoms with Crippen molar-refractivity contribution >= 4 is 21.8 Å². The lowest BCUT2D eigenvalue weighted by molar-refractivity contribution is 0.0922. The molecule has 0 spiro atoms. The van der Waals surface area contributed by atoms with Gasteiger partial charge < -0.3 is 9.15 Å². The van der Waals surface area contributed by atoms with Crippen LogP contribution in [-0.4, -0.2) is 5.91 Å². The van der Waals surface area contributed by atoms with Gasteiger partial charge >= 0.3 is 5.91 Å². The summed E-state index contributed by atoms with van der Waals surface area (Å²) in [6.45, 7) is 0.224. The van der Waals surface area contributed by atoms with Gasteiger partial charge in [0.2, 0.25) is 0 Å². The fourth-order valence-electron chi connectivity index (χ4n) is 1.43. The number of rotatable bonds is 4. The van der Waals surface area contributed by atoms with Crippen molar-refractivity contribution in [2.24, 2.45) is 5.84 Å². The second kappa shape index (κ2) is 5.70. The predicted molar refractivity (Wildman–Crippen MR) is 68.8 cm³/mol. The quantitative estimate of drug-likeness (QED) is 0.516. The number of nitrogens with one attached hydrogen (secondary N) is 1. The third kappa shape index (κ3) is 2.72. The van der Waals surface area contributed by atoms with Gasteiger partial charge in [0, 0.05) is 5.56 Å². The number of carbonyl (C=O) groups is 1. The van der Waals surface area contributed by atoms with Gasteiger partial charge in [-0.1, -0.05) is 12.1 Å². The van der Waals surface area contributed by atoms with Crippen LogP contribution in [0.2, 0.25) is 0 Å². The molecule has 18 heavy (non-hydrogen) atoms. The summed E-state index contributed by atoms with van der Waals surface area (Å²) in [5.41, 5.74) is 2.65. The maximum atomic E-state index is 11.4. The van der Waals surface area contributed by atoms with Gasteiger partial charge in [-0.25, -0.2) is 5.84 Å². The van der Waals surface area contributed by atoms with Crippen LogP contribution in [0.15, 0.2) is 45.5 Å². The van der Waals surface area contributed by atoms with Gasteiger partial charge in [-0.2, -0.15) is 0 Å². The van der Waals surface area contributed by atoms with Crippen LogP contribution in [0.5, 0.6) is 5.75 Å². The van der Waals surface area contributed by atoms with Crippen molar-refractivity contribution in [1.82, 2.24) is 5.43 Å². The highest BCUT2D eigenvalue weighted by molar-refractivity contribution is 9.10. The molecule has 5 nitrogen and oxygen atoms in total. The minimum Gasteiger partial charge on any atom is -0.488 e. The second-order valence-corrected chi connectivity index (χ2v) is 4.32. The molecule has 0 unspecified atom stereocenters. The van der Waals surface area contributed by atoms with Gasteiger partial charge in [-0.05, 0) is 34.1 Å². The Balaban J connectivity index is 2.09. The Bertz CT molecular complexity index is 554. The van der Waals surface area contributed by atoms with Crippen LogP contribution in [0.1, 0.15) is 16.1 Å². The number of furan rings is 1. The molecule has 0 aliphatic carbocycles. The van der Waals surface area contributed by atoms with Gasteiger partial charge in [0.1, 0.15) is 12.4 Å². The van der Waals surface area contributed by atoms with E-state index in [4.69, 9.17) is 15.0 Å². The van der Waals surface area contributed by atoms with Crippen LogP contribution in [0.4, 0.5) is 0 Å². The average Bonchev–Trinajstić information content (AvgIpc) is 2.85. The number of hydrogen-bond acceptors (Lipinski definition) is 4. The molecule has 0 atom stereocenters. The molecule has 0 saturated heterocycles. The van der Waals surface area contributed by atoms with Crippen molar-refractivity contribution < 1.29 is 13.9 Å². The Morgan fingerprint density at radius 2 is 2.17 bits per heavy atom. The first-order valence-electron chi connectivity index (χ1n) is 5.17. The topological polar surface area (TPSA) is 77.5 Å². The van der Waals surface area contributed by atoms with E-state index in [9.17, 15) is 4.79 Å². The molecule has 0 radical (unpaired) electrons. The number of amides is 1. The molecular formula is C12H11BrN2O3. The molecule has 1 aromatic carbocycles. The van der Waals surface area contributed by atoms with Crippen molar-refractivity contribution in [2.45, 2.75) is 6.61 Å². The lowest BCUT2D eigenvalue weighted by atomic mass is 10.2. The monoisotopic (exact) mass is 310 g/mol. The minimum absolute atomic E-state index is 0.157. The Morgan fingerprint density at radius 3 is 2.89 bits per heavy atom. The maximum absolute atomic E-state index is 11.4. The number of para-hydroxylation sites is 1. The van der Waals surface area contributed by atoms with Crippen LogP contribution in [-0.2, 0) is 6.61 Å². The summed E-state index contributed by atoms with van der Waals surface area (Å²) < 4.78 is 11.5. The van der Waals surface area contributed by atoms with E-state index < -0.39 is 5.91 Å². The summed E-state index contributed by atoms with van der Waals surface area (Å²) in [6, 6.07) is 9.12. The number of carbonyl (C=O) groups excluding carboxylic acids is 1. The van der Waals surface area contributed by atoms with Crippen molar-refractivity contribution in [3.8, 4) is 5.75 Å². The van der Waals surface area contributed by atoms with E-state index in [0.717, 1.165) is 4.47 Å². The van der Waals surface area contributed by atoms with E-state index in [2.05, 4.69) is 15.9 Å². The SMILES string of the molecule is NNC(=O)c1occc1COc1ccccc1Br. The number of ether oxygens (including phenoxy) is 1. The van der Waals surface area contributed by atoms with Crippen LogP contribution >= 0.6 is 15.9 Å². The zero-order chi connectivity index (χ0) is 13.0. The lowest BCUT2D eigenvalue weighted by Gasteiger charge is -2.07. The van der Waals surface area contributed by atoms with Crippen molar-refractivity contribution in [1.29, 1.82) is 0 Å². The molecule has 0 aliphatic heterocycles. The molecule has 0 aliphatic rings. The molecule has 1 amide bonds. The number of halogens is 1. The van der Waals surface area contributed by atoms with E-state index in [-0.39, 0.29) is 12.4 Å². The molecule has 94 valence electrons. The standard InChI is InChI=1S/C12H11BrN2O3/c13-9-3-1-2-4-10(9)18-7-8-5-6-17-11(8)12(16)15-14/h1-6H,7,14H2,(H,15,16). The summed E-state index contributed by atoms with van der Waals surface area (Å²) in [5.74, 6) is 5.42. The summed E-state index contributed by atoms with van der Waals surface area (Å²) in [6.07, 6.45) is 1.42. The van der Waals surface area contributed by atoms with E-state index in [1.165, 1.54) is 6.26 Å². The molecule has 2 rings (SSSR count). The molecule has 1 heterocycles. The minimum atomic E-state index is -0.481. The van der Waals surface area contributed by atoms with Crippen molar-refractivity contribution in [3.63, 3.8) is 0 Å². The van der Waals surface area contributed by atoms with Gasteiger partial charge in [0.25, 0.3) is 0 Å². The summed E-state index contributed by atoms with van der Waals surface area (Å²) in [7, 11) is 0. The first kappa shape index (κ1) is 12.7. The van der Waals surface area contributed by atoms with Gasteiger partial charge in [-0.15, -0.1) is 0 Å². The largest absolute Gasteiger partial charge is 0.488 e. The Hall–Kier alpha value is -1.79. The maximum Gasteiger partial charge on any atom is 0.301 e. The van der Waals surface area contributed by atoms with Crippen molar-refractivity contribution in [3.05, 3.63) is 52.4 Å². The molecule has 0 bridgehead atoms. The van der Waals surface area contributed by atoms with Crippen LogP contribution in [0, 0.1) is 0 Å². The molecule has 0 saturated carbocycles. The molecule has 1 aromatic heterocycles. The van der Waals surface area contributed by atoms with E-state index in [1.807, 2.05) is 29.7 Å². The molecular weight excluding hydrogens is 300 g/mol. The zero-order valence-corrected chi connectivity index (χ0v) is 10.9. The van der Waals surface area contributed by atoms with Gasteiger partial charge in [0.15, 0.2) is 5.76 Å². The molecule has 3 N–H and O–H groups in total. The number of nitrogen functional groups attached to an aromatic ring is 1.